The summed E-state index contributed by atoms with van der Waals surface area (Å²) in [6.07, 6.45) is -1.06. The summed E-state index contributed by atoms with van der Waals surface area (Å²) in [6.45, 7) is 1.43. The molecule has 2 aromatic carbocycles. The van der Waals surface area contributed by atoms with Crippen molar-refractivity contribution >= 4 is 23.5 Å². The van der Waals surface area contributed by atoms with Crippen LogP contribution in [0.5, 0.6) is 0 Å². The fourth-order valence-corrected chi connectivity index (χ4v) is 2.06. The lowest BCUT2D eigenvalue weighted by Gasteiger charge is -2.15. The first-order valence-electron chi connectivity index (χ1n) is 8.02. The van der Waals surface area contributed by atoms with Crippen LogP contribution in [0.3, 0.4) is 0 Å². The van der Waals surface area contributed by atoms with Crippen molar-refractivity contribution in [3.05, 3.63) is 65.7 Å². The fraction of sp³-hybridized carbons (Fsp3) is 0.211. The molecule has 0 aromatic heterocycles. The number of hydrogen-bond donors (Lipinski definition) is 2. The first-order valence-corrected chi connectivity index (χ1v) is 8.02. The number of nitrogens with zero attached hydrogens (tertiary/aromatic N) is 1. The van der Waals surface area contributed by atoms with Gasteiger partial charge in [-0.3, -0.25) is 20.4 Å². The van der Waals surface area contributed by atoms with Crippen molar-refractivity contribution in [1.82, 2.24) is 10.9 Å². The maximum absolute atomic E-state index is 12.1. The number of nitrogens with one attached hydrogen (secondary N) is 2. The van der Waals surface area contributed by atoms with E-state index >= 15 is 0 Å². The van der Waals surface area contributed by atoms with Gasteiger partial charge in [-0.15, -0.1) is 0 Å². The van der Waals surface area contributed by atoms with Crippen molar-refractivity contribution in [2.75, 3.05) is 19.0 Å². The van der Waals surface area contributed by atoms with Crippen molar-refractivity contribution < 1.29 is 19.1 Å². The van der Waals surface area contributed by atoms with Gasteiger partial charge in [0.1, 0.15) is 0 Å². The molecule has 0 saturated carbocycles. The van der Waals surface area contributed by atoms with E-state index in [-0.39, 0.29) is 0 Å². The minimum absolute atomic E-state index is 0.337. The van der Waals surface area contributed by atoms with Crippen molar-refractivity contribution in [2.45, 2.75) is 13.0 Å². The SMILES string of the molecule is C[C@@H](OC(=O)c1ccc(N(C)C)cc1)C(=O)NNC(=O)c1ccccc1. The van der Waals surface area contributed by atoms with Gasteiger partial charge in [-0.2, -0.15) is 0 Å². The molecule has 0 saturated heterocycles. The molecule has 2 amide bonds. The van der Waals surface area contributed by atoms with Gasteiger partial charge < -0.3 is 9.64 Å². The molecule has 26 heavy (non-hydrogen) atoms. The summed E-state index contributed by atoms with van der Waals surface area (Å²) in [5.41, 5.74) is 6.20. The lowest BCUT2D eigenvalue weighted by molar-refractivity contribution is -0.129. The number of carbonyl (C=O) groups excluding carboxylic acids is 3. The summed E-state index contributed by atoms with van der Waals surface area (Å²) in [5.74, 6) is -1.71. The summed E-state index contributed by atoms with van der Waals surface area (Å²) in [6, 6.07) is 15.2. The van der Waals surface area contributed by atoms with Gasteiger partial charge in [-0.25, -0.2) is 4.79 Å². The number of hydrazine groups is 1. The lowest BCUT2D eigenvalue weighted by Crippen LogP contribution is -2.46. The average molecular weight is 355 g/mol. The van der Waals surface area contributed by atoms with Gasteiger partial charge in [0.2, 0.25) is 0 Å². The quantitative estimate of drug-likeness (QED) is 0.630. The maximum atomic E-state index is 12.1. The van der Waals surface area contributed by atoms with Crippen LogP contribution < -0.4 is 15.8 Å². The number of anilines is 1. The van der Waals surface area contributed by atoms with Crippen LogP contribution in [0.25, 0.3) is 0 Å². The summed E-state index contributed by atoms with van der Waals surface area (Å²) < 4.78 is 5.12. The predicted molar refractivity (Wildman–Crippen MR) is 97.7 cm³/mol. The van der Waals surface area contributed by atoms with Crippen LogP contribution >= 0.6 is 0 Å². The summed E-state index contributed by atoms with van der Waals surface area (Å²) in [7, 11) is 3.78. The second-order valence-electron chi connectivity index (χ2n) is 5.80. The molecule has 0 bridgehead atoms. The van der Waals surface area contributed by atoms with Crippen LogP contribution in [0.1, 0.15) is 27.6 Å². The number of ether oxygens (including phenoxy) is 1. The van der Waals surface area contributed by atoms with Crippen molar-refractivity contribution in [1.29, 1.82) is 0 Å². The van der Waals surface area contributed by atoms with E-state index in [4.69, 9.17) is 4.74 Å². The first-order chi connectivity index (χ1) is 12.4. The van der Waals surface area contributed by atoms with Crippen molar-refractivity contribution in [3.8, 4) is 0 Å². The molecule has 1 atom stereocenters. The number of amides is 2. The van der Waals surface area contributed by atoms with Gasteiger partial charge in [-0.05, 0) is 43.3 Å². The van der Waals surface area contributed by atoms with Gasteiger partial charge in [-0.1, -0.05) is 18.2 Å². The van der Waals surface area contributed by atoms with E-state index in [1.807, 2.05) is 19.0 Å². The minimum atomic E-state index is -1.06. The van der Waals surface area contributed by atoms with E-state index in [1.54, 1.807) is 54.6 Å². The van der Waals surface area contributed by atoms with E-state index in [0.29, 0.717) is 11.1 Å². The second kappa shape index (κ2) is 8.66. The van der Waals surface area contributed by atoms with Gasteiger partial charge in [0.05, 0.1) is 5.56 Å². The molecule has 0 radical (unpaired) electrons. The normalized spacial score (nSPS) is 11.2. The molecule has 7 nitrogen and oxygen atoms in total. The Morgan fingerprint density at radius 2 is 1.50 bits per heavy atom. The monoisotopic (exact) mass is 355 g/mol. The highest BCUT2D eigenvalue weighted by Crippen LogP contribution is 2.13. The second-order valence-corrected chi connectivity index (χ2v) is 5.80. The Balaban J connectivity index is 1.86. The fourth-order valence-electron chi connectivity index (χ4n) is 2.06. The van der Waals surface area contributed by atoms with Crippen molar-refractivity contribution in [3.63, 3.8) is 0 Å². The molecule has 0 unspecified atom stereocenters. The third kappa shape index (κ3) is 5.07. The van der Waals surface area contributed by atoms with Crippen molar-refractivity contribution in [2.24, 2.45) is 0 Å². The van der Waals surface area contributed by atoms with Crippen LogP contribution in [0.4, 0.5) is 5.69 Å². The molecule has 0 aliphatic carbocycles. The third-order valence-electron chi connectivity index (χ3n) is 3.61. The number of rotatable bonds is 5. The van der Waals surface area contributed by atoms with E-state index < -0.39 is 23.9 Å². The topological polar surface area (TPSA) is 87.7 Å². The van der Waals surface area contributed by atoms with E-state index in [0.717, 1.165) is 5.69 Å². The first kappa shape index (κ1) is 19.0. The smallest absolute Gasteiger partial charge is 0.338 e. The molecular formula is C19H21N3O4. The highest BCUT2D eigenvalue weighted by Gasteiger charge is 2.19. The van der Waals surface area contributed by atoms with Gasteiger partial charge in [0, 0.05) is 25.3 Å². The Kier molecular flexibility index (Phi) is 6.32. The summed E-state index contributed by atoms with van der Waals surface area (Å²) in [5, 5.41) is 0. The molecule has 0 aliphatic rings. The predicted octanol–water partition coefficient (Wildman–Crippen LogP) is 1.76. The molecule has 0 fully saturated rings. The zero-order valence-corrected chi connectivity index (χ0v) is 14.9. The Labute approximate surface area is 151 Å². The molecule has 7 heteroatoms. The Hall–Kier alpha value is -3.35. The Morgan fingerprint density at radius 1 is 0.885 bits per heavy atom. The van der Waals surface area contributed by atoms with E-state index in [9.17, 15) is 14.4 Å². The zero-order valence-electron chi connectivity index (χ0n) is 14.9. The largest absolute Gasteiger partial charge is 0.449 e. The minimum Gasteiger partial charge on any atom is -0.449 e. The molecule has 2 aromatic rings. The number of benzene rings is 2. The van der Waals surface area contributed by atoms with Crippen LogP contribution in [0, 0.1) is 0 Å². The van der Waals surface area contributed by atoms with Crippen LogP contribution in [-0.4, -0.2) is 38.0 Å². The summed E-state index contributed by atoms with van der Waals surface area (Å²) in [4.78, 5) is 37.8. The molecule has 2 N–H and O–H groups in total. The highest BCUT2D eigenvalue weighted by atomic mass is 16.5. The average Bonchev–Trinajstić information content (AvgIpc) is 2.66. The Bertz CT molecular complexity index is 773. The maximum Gasteiger partial charge on any atom is 0.338 e. The van der Waals surface area contributed by atoms with Crippen LogP contribution in [0.15, 0.2) is 54.6 Å². The third-order valence-corrected chi connectivity index (χ3v) is 3.61. The number of esters is 1. The van der Waals surface area contributed by atoms with Gasteiger partial charge in [0.15, 0.2) is 6.10 Å². The van der Waals surface area contributed by atoms with Crippen LogP contribution in [-0.2, 0) is 9.53 Å². The van der Waals surface area contributed by atoms with Crippen LogP contribution in [0.2, 0.25) is 0 Å². The van der Waals surface area contributed by atoms with Gasteiger partial charge in [0.25, 0.3) is 11.8 Å². The molecule has 0 spiro atoms. The number of hydrogen-bond acceptors (Lipinski definition) is 5. The number of carbonyl (C=O) groups is 3. The molecule has 0 aliphatic heterocycles. The Morgan fingerprint density at radius 3 is 2.08 bits per heavy atom. The molecular weight excluding hydrogens is 334 g/mol. The lowest BCUT2D eigenvalue weighted by atomic mass is 10.2. The standard InChI is InChI=1S/C19H21N3O4/c1-13(17(23)20-21-18(24)14-7-5-4-6-8-14)26-19(25)15-9-11-16(12-10-15)22(2)3/h4-13H,1-3H3,(H,20,23)(H,21,24)/t13-/m1/s1. The molecule has 2 rings (SSSR count). The van der Waals surface area contributed by atoms with Gasteiger partial charge >= 0.3 is 5.97 Å². The van der Waals surface area contributed by atoms with E-state index in [2.05, 4.69) is 10.9 Å². The zero-order chi connectivity index (χ0) is 19.1. The molecule has 0 heterocycles. The molecule has 136 valence electrons. The van der Waals surface area contributed by atoms with E-state index in [1.165, 1.54) is 6.92 Å². The summed E-state index contributed by atoms with van der Waals surface area (Å²) >= 11 is 0. The highest BCUT2D eigenvalue weighted by molar-refractivity contribution is 5.96.